The number of ether oxygens (including phenoxy) is 1. The maximum Gasteiger partial charge on any atom is 0.127 e. The molecule has 98 valence electrons. The van der Waals surface area contributed by atoms with Crippen LogP contribution in [0.2, 0.25) is 0 Å². The molecular formula is C14H25NO2. The Morgan fingerprint density at radius 1 is 1.35 bits per heavy atom. The molecule has 0 N–H and O–H groups in total. The molecule has 0 aromatic heterocycles. The Morgan fingerprint density at radius 3 is 2.71 bits per heavy atom. The van der Waals surface area contributed by atoms with Crippen molar-refractivity contribution in [3.05, 3.63) is 0 Å². The summed E-state index contributed by atoms with van der Waals surface area (Å²) in [5.74, 6) is 0.757. The minimum atomic E-state index is -0.135. The highest BCUT2D eigenvalue weighted by molar-refractivity contribution is 5.60. The van der Waals surface area contributed by atoms with Gasteiger partial charge < -0.3 is 9.53 Å². The third kappa shape index (κ3) is 2.89. The molecule has 2 rings (SSSR count). The van der Waals surface area contributed by atoms with Crippen LogP contribution in [0.25, 0.3) is 0 Å². The van der Waals surface area contributed by atoms with E-state index in [1.54, 1.807) is 0 Å². The number of piperidine rings is 1. The van der Waals surface area contributed by atoms with Gasteiger partial charge in [-0.2, -0.15) is 0 Å². The topological polar surface area (TPSA) is 29.5 Å². The number of nitrogens with zero attached hydrogens (tertiary/aromatic N) is 1. The molecule has 3 heteroatoms. The summed E-state index contributed by atoms with van der Waals surface area (Å²) in [5, 5.41) is 0. The largest absolute Gasteiger partial charge is 0.381 e. The number of carbonyl (C=O) groups is 1. The smallest absolute Gasteiger partial charge is 0.127 e. The highest BCUT2D eigenvalue weighted by Gasteiger charge is 2.37. The summed E-state index contributed by atoms with van der Waals surface area (Å²) < 4.78 is 5.39. The maximum absolute atomic E-state index is 11.5. The van der Waals surface area contributed by atoms with Gasteiger partial charge in [-0.05, 0) is 45.1 Å². The molecule has 3 nitrogen and oxygen atoms in total. The maximum atomic E-state index is 11.5. The van der Waals surface area contributed by atoms with Crippen LogP contribution >= 0.6 is 0 Å². The van der Waals surface area contributed by atoms with Gasteiger partial charge in [0.1, 0.15) is 6.29 Å². The first-order valence-corrected chi connectivity index (χ1v) is 6.95. The van der Waals surface area contributed by atoms with Gasteiger partial charge in [0.15, 0.2) is 0 Å². The predicted octanol–water partition coefficient (Wildman–Crippen LogP) is 2.10. The van der Waals surface area contributed by atoms with E-state index in [1.165, 1.54) is 19.1 Å². The molecule has 2 unspecified atom stereocenters. The summed E-state index contributed by atoms with van der Waals surface area (Å²) in [6.45, 7) is 8.22. The Labute approximate surface area is 105 Å². The van der Waals surface area contributed by atoms with Crippen molar-refractivity contribution >= 4 is 6.29 Å². The third-order valence-corrected chi connectivity index (χ3v) is 4.76. The predicted molar refractivity (Wildman–Crippen MR) is 68.0 cm³/mol. The summed E-state index contributed by atoms with van der Waals surface area (Å²) in [6.07, 6.45) is 5.59. The van der Waals surface area contributed by atoms with E-state index in [1.807, 2.05) is 0 Å². The van der Waals surface area contributed by atoms with E-state index < -0.39 is 0 Å². The zero-order valence-electron chi connectivity index (χ0n) is 11.2. The van der Waals surface area contributed by atoms with Crippen molar-refractivity contribution in [3.8, 4) is 0 Å². The average Bonchev–Trinajstić information content (AvgIpc) is 2.36. The molecule has 0 aliphatic carbocycles. The van der Waals surface area contributed by atoms with Gasteiger partial charge in [0.05, 0.1) is 0 Å². The number of rotatable bonds is 3. The molecule has 2 heterocycles. The molecule has 2 atom stereocenters. The molecule has 0 amide bonds. The van der Waals surface area contributed by atoms with Crippen molar-refractivity contribution in [2.45, 2.75) is 45.6 Å². The van der Waals surface area contributed by atoms with Gasteiger partial charge in [0.25, 0.3) is 0 Å². The lowest BCUT2D eigenvalue weighted by atomic mass is 9.79. The van der Waals surface area contributed by atoms with E-state index in [0.717, 1.165) is 45.1 Å². The molecule has 0 aromatic carbocycles. The molecule has 0 aromatic rings. The lowest BCUT2D eigenvalue weighted by molar-refractivity contribution is -0.124. The number of hydrogen-bond acceptors (Lipinski definition) is 3. The monoisotopic (exact) mass is 239 g/mol. The summed E-state index contributed by atoms with van der Waals surface area (Å²) in [7, 11) is 0. The zero-order valence-corrected chi connectivity index (χ0v) is 11.2. The van der Waals surface area contributed by atoms with E-state index in [4.69, 9.17) is 4.74 Å². The summed E-state index contributed by atoms with van der Waals surface area (Å²) in [6, 6.07) is 0.614. The number of likely N-dealkylation sites (tertiary alicyclic amines) is 1. The molecule has 0 bridgehead atoms. The first kappa shape index (κ1) is 13.0. The Bertz CT molecular complexity index is 261. The van der Waals surface area contributed by atoms with Gasteiger partial charge in [0, 0.05) is 31.2 Å². The van der Waals surface area contributed by atoms with Crippen LogP contribution in [0.1, 0.15) is 39.5 Å². The van der Waals surface area contributed by atoms with E-state index in [2.05, 4.69) is 18.7 Å². The van der Waals surface area contributed by atoms with Gasteiger partial charge >= 0.3 is 0 Å². The first-order chi connectivity index (χ1) is 8.17. The average molecular weight is 239 g/mol. The quantitative estimate of drug-likeness (QED) is 0.706. The Morgan fingerprint density at radius 2 is 2.06 bits per heavy atom. The zero-order chi connectivity index (χ0) is 12.3. The lowest BCUT2D eigenvalue weighted by Gasteiger charge is -2.43. The van der Waals surface area contributed by atoms with Gasteiger partial charge in [-0.3, -0.25) is 4.90 Å². The van der Waals surface area contributed by atoms with E-state index in [9.17, 15) is 4.79 Å². The van der Waals surface area contributed by atoms with Crippen LogP contribution in [0, 0.1) is 11.3 Å². The number of carbonyl (C=O) groups excluding carboxylic acids is 1. The van der Waals surface area contributed by atoms with Gasteiger partial charge in [-0.1, -0.05) is 6.92 Å². The third-order valence-electron chi connectivity index (χ3n) is 4.76. The van der Waals surface area contributed by atoms with Gasteiger partial charge in [0.2, 0.25) is 0 Å². The highest BCUT2D eigenvalue weighted by atomic mass is 16.5. The Balaban J connectivity index is 1.99. The van der Waals surface area contributed by atoms with Crippen LogP contribution in [-0.2, 0) is 9.53 Å². The molecule has 2 aliphatic heterocycles. The fraction of sp³-hybridized carbons (Fsp3) is 0.929. The second kappa shape index (κ2) is 5.49. The number of hydrogen-bond donors (Lipinski definition) is 0. The molecule has 0 spiro atoms. The first-order valence-electron chi connectivity index (χ1n) is 6.95. The highest BCUT2D eigenvalue weighted by Crippen LogP contribution is 2.32. The van der Waals surface area contributed by atoms with Crippen molar-refractivity contribution in [1.29, 1.82) is 0 Å². The lowest BCUT2D eigenvalue weighted by Crippen LogP contribution is -2.50. The standard InChI is InChI=1S/C14H25NO2/c1-12-4-3-7-15(13(12)2)10-14(11-16)5-8-17-9-6-14/h11-13H,3-10H2,1-2H3. The van der Waals surface area contributed by atoms with Crippen molar-refractivity contribution in [1.82, 2.24) is 4.90 Å². The van der Waals surface area contributed by atoms with E-state index in [-0.39, 0.29) is 5.41 Å². The van der Waals surface area contributed by atoms with Crippen molar-refractivity contribution < 1.29 is 9.53 Å². The van der Waals surface area contributed by atoms with Crippen LogP contribution in [0.3, 0.4) is 0 Å². The molecule has 17 heavy (non-hydrogen) atoms. The van der Waals surface area contributed by atoms with E-state index in [0.29, 0.717) is 6.04 Å². The molecular weight excluding hydrogens is 214 g/mol. The SMILES string of the molecule is CC1CCCN(CC2(C=O)CCOCC2)C1C. The van der Waals surface area contributed by atoms with Gasteiger partial charge in [-0.15, -0.1) is 0 Å². The van der Waals surface area contributed by atoms with Crippen LogP contribution in [0.15, 0.2) is 0 Å². The molecule has 2 saturated heterocycles. The van der Waals surface area contributed by atoms with Crippen molar-refractivity contribution in [2.75, 3.05) is 26.3 Å². The molecule has 0 radical (unpaired) electrons. The van der Waals surface area contributed by atoms with E-state index >= 15 is 0 Å². The normalized spacial score (nSPS) is 34.5. The summed E-state index contributed by atoms with van der Waals surface area (Å²) >= 11 is 0. The van der Waals surface area contributed by atoms with Crippen LogP contribution in [0.4, 0.5) is 0 Å². The second-order valence-electron chi connectivity index (χ2n) is 5.92. The van der Waals surface area contributed by atoms with Crippen molar-refractivity contribution in [2.24, 2.45) is 11.3 Å². The Kier molecular flexibility index (Phi) is 4.21. The summed E-state index contributed by atoms with van der Waals surface area (Å²) in [4.78, 5) is 14.0. The minimum absolute atomic E-state index is 0.135. The fourth-order valence-corrected chi connectivity index (χ4v) is 3.14. The fourth-order valence-electron chi connectivity index (χ4n) is 3.14. The van der Waals surface area contributed by atoms with Crippen molar-refractivity contribution in [3.63, 3.8) is 0 Å². The summed E-state index contributed by atoms with van der Waals surface area (Å²) in [5.41, 5.74) is -0.135. The van der Waals surface area contributed by atoms with Crippen LogP contribution < -0.4 is 0 Å². The van der Waals surface area contributed by atoms with Crippen LogP contribution in [-0.4, -0.2) is 43.5 Å². The van der Waals surface area contributed by atoms with Gasteiger partial charge in [-0.25, -0.2) is 0 Å². The number of aldehydes is 1. The molecule has 2 fully saturated rings. The minimum Gasteiger partial charge on any atom is -0.381 e. The Hall–Kier alpha value is -0.410. The van der Waals surface area contributed by atoms with Crippen LogP contribution in [0.5, 0.6) is 0 Å². The molecule has 2 aliphatic rings. The second-order valence-corrected chi connectivity index (χ2v) is 5.92. The molecule has 0 saturated carbocycles.